The van der Waals surface area contributed by atoms with Crippen LogP contribution in [0.25, 0.3) is 0 Å². The van der Waals surface area contributed by atoms with Crippen LogP contribution in [0.1, 0.15) is 18.5 Å². The first-order valence-electron chi connectivity index (χ1n) is 5.45. The third-order valence-corrected chi connectivity index (χ3v) is 2.93. The van der Waals surface area contributed by atoms with Gasteiger partial charge in [-0.3, -0.25) is 0 Å². The molecule has 0 spiro atoms. The number of hydrogen-bond acceptors (Lipinski definition) is 1. The highest BCUT2D eigenvalue weighted by molar-refractivity contribution is 5.18. The number of rotatable bonds is 4. The second kappa shape index (κ2) is 5.40. The molecule has 108 valence electrons. The van der Waals surface area contributed by atoms with Gasteiger partial charge in [0.2, 0.25) is 0 Å². The van der Waals surface area contributed by atoms with Crippen LogP contribution in [-0.2, 0) is 0 Å². The minimum absolute atomic E-state index is 0.0838. The summed E-state index contributed by atoms with van der Waals surface area (Å²) in [7, 11) is 0.760. The maximum absolute atomic E-state index is 13.5. The van der Waals surface area contributed by atoms with Gasteiger partial charge in [0.25, 0.3) is 6.17 Å². The zero-order valence-electron chi connectivity index (χ0n) is 10.3. The zero-order chi connectivity index (χ0) is 14.8. The van der Waals surface area contributed by atoms with E-state index < -0.39 is 24.4 Å². The molecular formula is C12H13F6N. The summed E-state index contributed by atoms with van der Waals surface area (Å²) < 4.78 is 76.1. The number of halogens is 6. The van der Waals surface area contributed by atoms with Crippen LogP contribution in [0.4, 0.5) is 26.3 Å². The first-order chi connectivity index (χ1) is 8.58. The molecule has 1 aromatic rings. The fourth-order valence-electron chi connectivity index (χ4n) is 1.59. The summed E-state index contributed by atoms with van der Waals surface area (Å²) in [5, 5.41) is 0. The van der Waals surface area contributed by atoms with Crippen molar-refractivity contribution >= 4 is 0 Å². The summed E-state index contributed by atoms with van der Waals surface area (Å²) in [5.41, 5.74) is 0.374. The van der Waals surface area contributed by atoms with Crippen LogP contribution in [0.3, 0.4) is 0 Å². The van der Waals surface area contributed by atoms with Crippen LogP contribution < -0.4 is 0 Å². The van der Waals surface area contributed by atoms with Gasteiger partial charge in [-0.2, -0.15) is 22.0 Å². The molecule has 0 N–H and O–H groups in total. The minimum Gasteiger partial charge on any atom is -0.238 e. The Hall–Kier alpha value is -1.24. The maximum Gasteiger partial charge on any atom is 0.427 e. The van der Waals surface area contributed by atoms with E-state index in [1.165, 1.54) is 19.1 Å². The summed E-state index contributed by atoms with van der Waals surface area (Å²) >= 11 is 0. The van der Waals surface area contributed by atoms with Gasteiger partial charge >= 0.3 is 12.2 Å². The molecule has 1 rings (SSSR count). The molecule has 0 aromatic heterocycles. The highest BCUT2D eigenvalue weighted by Crippen LogP contribution is 2.39. The van der Waals surface area contributed by atoms with Crippen LogP contribution in [-0.4, -0.2) is 30.3 Å². The van der Waals surface area contributed by atoms with Crippen LogP contribution >= 0.6 is 0 Å². The Morgan fingerprint density at radius 3 is 1.89 bits per heavy atom. The van der Waals surface area contributed by atoms with Gasteiger partial charge in [-0.05, 0) is 19.5 Å². The summed E-state index contributed by atoms with van der Waals surface area (Å²) in [6.45, 7) is 1.28. The third kappa shape index (κ3) is 3.40. The summed E-state index contributed by atoms with van der Waals surface area (Å²) in [6, 6.07) is 2.05. The average molecular weight is 285 g/mol. The number of nitrogens with zero attached hydrogens (tertiary/aromatic N) is 1. The van der Waals surface area contributed by atoms with Crippen molar-refractivity contribution in [2.45, 2.75) is 31.4 Å². The molecule has 0 amide bonds. The first-order valence-corrected chi connectivity index (χ1v) is 5.45. The standard InChI is InChI=1S/C12H13F6N/c1-8(9-6-4-3-5-7-9)19(2)12(17,18)10(13)11(14,15)16/h3-8,10H,1-2H3/t8-,10?/m1/s1. The predicted octanol–water partition coefficient (Wildman–Crippen LogP) is 4.17. The molecule has 1 unspecified atom stereocenters. The summed E-state index contributed by atoms with van der Waals surface area (Å²) in [5.74, 6) is 0. The molecule has 0 bridgehead atoms. The van der Waals surface area contributed by atoms with Crippen molar-refractivity contribution in [3.05, 3.63) is 35.9 Å². The van der Waals surface area contributed by atoms with Crippen molar-refractivity contribution in [3.63, 3.8) is 0 Å². The molecule has 19 heavy (non-hydrogen) atoms. The van der Waals surface area contributed by atoms with E-state index >= 15 is 0 Å². The number of hydrogen-bond donors (Lipinski definition) is 0. The van der Waals surface area contributed by atoms with E-state index in [1.54, 1.807) is 18.2 Å². The van der Waals surface area contributed by atoms with Crippen molar-refractivity contribution in [1.82, 2.24) is 4.90 Å². The van der Waals surface area contributed by atoms with Gasteiger partial charge in [-0.1, -0.05) is 30.3 Å². The highest BCUT2D eigenvalue weighted by Gasteiger charge is 2.59. The Morgan fingerprint density at radius 1 is 1.00 bits per heavy atom. The Kier molecular flexibility index (Phi) is 4.50. The van der Waals surface area contributed by atoms with Crippen molar-refractivity contribution in [2.75, 3.05) is 7.05 Å². The van der Waals surface area contributed by atoms with E-state index in [0.717, 1.165) is 7.05 Å². The molecule has 0 radical (unpaired) electrons. The van der Waals surface area contributed by atoms with E-state index in [4.69, 9.17) is 0 Å². The van der Waals surface area contributed by atoms with E-state index in [0.29, 0.717) is 5.56 Å². The summed E-state index contributed by atoms with van der Waals surface area (Å²) in [4.78, 5) is 0.0838. The number of benzene rings is 1. The van der Waals surface area contributed by atoms with Crippen molar-refractivity contribution < 1.29 is 26.3 Å². The van der Waals surface area contributed by atoms with Gasteiger partial charge < -0.3 is 0 Å². The van der Waals surface area contributed by atoms with Gasteiger partial charge in [0, 0.05) is 6.04 Å². The second-order valence-electron chi connectivity index (χ2n) is 4.19. The lowest BCUT2D eigenvalue weighted by Crippen LogP contribution is -2.52. The fraction of sp³-hybridized carbons (Fsp3) is 0.500. The summed E-state index contributed by atoms with van der Waals surface area (Å²) in [6.07, 6.45) is -9.83. The van der Waals surface area contributed by atoms with Gasteiger partial charge in [0.15, 0.2) is 0 Å². The Morgan fingerprint density at radius 2 is 1.47 bits per heavy atom. The lowest BCUT2D eigenvalue weighted by Gasteiger charge is -2.35. The van der Waals surface area contributed by atoms with E-state index in [-0.39, 0.29) is 4.90 Å². The van der Waals surface area contributed by atoms with Crippen LogP contribution in [0.15, 0.2) is 30.3 Å². The minimum atomic E-state index is -5.60. The van der Waals surface area contributed by atoms with Crippen molar-refractivity contribution in [2.24, 2.45) is 0 Å². The van der Waals surface area contributed by atoms with Crippen LogP contribution in [0.2, 0.25) is 0 Å². The molecule has 0 saturated heterocycles. The smallest absolute Gasteiger partial charge is 0.238 e. The van der Waals surface area contributed by atoms with Gasteiger partial charge in [-0.25, -0.2) is 9.29 Å². The largest absolute Gasteiger partial charge is 0.427 e. The molecule has 7 heteroatoms. The predicted molar refractivity (Wildman–Crippen MR) is 58.5 cm³/mol. The molecule has 0 aliphatic heterocycles. The molecule has 0 fully saturated rings. The normalized spacial score (nSPS) is 16.5. The molecular weight excluding hydrogens is 272 g/mol. The van der Waals surface area contributed by atoms with Crippen molar-refractivity contribution in [3.8, 4) is 0 Å². The average Bonchev–Trinajstić information content (AvgIpc) is 2.36. The molecule has 0 aliphatic rings. The monoisotopic (exact) mass is 285 g/mol. The van der Waals surface area contributed by atoms with E-state index in [1.807, 2.05) is 0 Å². The maximum atomic E-state index is 13.5. The Balaban J connectivity index is 2.95. The lowest BCUT2D eigenvalue weighted by molar-refractivity contribution is -0.290. The third-order valence-electron chi connectivity index (χ3n) is 2.93. The molecule has 0 aliphatic carbocycles. The van der Waals surface area contributed by atoms with E-state index in [2.05, 4.69) is 0 Å². The van der Waals surface area contributed by atoms with Gasteiger partial charge in [0.05, 0.1) is 0 Å². The zero-order valence-corrected chi connectivity index (χ0v) is 10.3. The topological polar surface area (TPSA) is 3.24 Å². The Bertz CT molecular complexity index is 402. The van der Waals surface area contributed by atoms with Gasteiger partial charge in [-0.15, -0.1) is 0 Å². The van der Waals surface area contributed by atoms with E-state index in [9.17, 15) is 26.3 Å². The molecule has 0 heterocycles. The van der Waals surface area contributed by atoms with Crippen molar-refractivity contribution in [1.29, 1.82) is 0 Å². The molecule has 1 nitrogen and oxygen atoms in total. The quantitative estimate of drug-likeness (QED) is 0.592. The number of alkyl halides is 6. The molecule has 2 atom stereocenters. The van der Waals surface area contributed by atoms with Crippen LogP contribution in [0.5, 0.6) is 0 Å². The Labute approximate surface area is 106 Å². The lowest BCUT2D eigenvalue weighted by atomic mass is 10.1. The highest BCUT2D eigenvalue weighted by atomic mass is 19.4. The SMILES string of the molecule is C[C@H](c1ccccc1)N(C)C(F)(F)C(F)C(F)(F)F. The first kappa shape index (κ1) is 15.8. The molecule has 0 saturated carbocycles. The van der Waals surface area contributed by atoms with Crippen LogP contribution in [0, 0.1) is 0 Å². The van der Waals surface area contributed by atoms with Gasteiger partial charge in [0.1, 0.15) is 0 Å². The fourth-order valence-corrected chi connectivity index (χ4v) is 1.59. The second-order valence-corrected chi connectivity index (χ2v) is 4.19. The molecule has 1 aromatic carbocycles.